The molecule has 4 rings (SSSR count). The normalized spacial score (nSPS) is 15.8. The van der Waals surface area contributed by atoms with Crippen molar-refractivity contribution in [2.24, 2.45) is 5.41 Å². The highest BCUT2D eigenvalue weighted by atomic mass is 16.5. The maximum absolute atomic E-state index is 12.3. The first-order valence-corrected chi connectivity index (χ1v) is 11.4. The third kappa shape index (κ3) is 4.31. The van der Waals surface area contributed by atoms with Gasteiger partial charge in [-0.15, -0.1) is 0 Å². The Morgan fingerprint density at radius 2 is 1.81 bits per heavy atom. The lowest BCUT2D eigenvalue weighted by atomic mass is 9.94. The molecular formula is C26H31NO5. The van der Waals surface area contributed by atoms with Crippen LogP contribution in [0.3, 0.4) is 0 Å². The van der Waals surface area contributed by atoms with Crippen LogP contribution >= 0.6 is 0 Å². The molecule has 2 aliphatic rings. The van der Waals surface area contributed by atoms with E-state index in [-0.39, 0.29) is 11.2 Å². The lowest BCUT2D eigenvalue weighted by Crippen LogP contribution is -2.33. The number of rotatable bonds is 9. The Kier molecular flexibility index (Phi) is 6.40. The molecule has 0 aromatic heterocycles. The molecule has 1 saturated carbocycles. The van der Waals surface area contributed by atoms with Crippen molar-refractivity contribution < 1.29 is 23.8 Å². The lowest BCUT2D eigenvalue weighted by molar-refractivity contribution is 0.0994. The minimum atomic E-state index is -0.394. The second-order valence-corrected chi connectivity index (χ2v) is 8.61. The summed E-state index contributed by atoms with van der Waals surface area (Å²) in [6, 6.07) is 10.1. The van der Waals surface area contributed by atoms with E-state index in [1.807, 2.05) is 12.1 Å². The number of benzene rings is 2. The summed E-state index contributed by atoms with van der Waals surface area (Å²) in [5.74, 6) is 1.64. The summed E-state index contributed by atoms with van der Waals surface area (Å²) in [5.41, 5.74) is 4.84. The minimum Gasteiger partial charge on any atom is -0.493 e. The van der Waals surface area contributed by atoms with Gasteiger partial charge in [-0.05, 0) is 49.3 Å². The Bertz CT molecular complexity index is 1030. The summed E-state index contributed by atoms with van der Waals surface area (Å²) in [6.07, 6.45) is 3.69. The molecule has 0 saturated heterocycles. The molecule has 0 unspecified atom stereocenters. The number of amides is 1. The predicted molar refractivity (Wildman–Crippen MR) is 123 cm³/mol. The highest BCUT2D eigenvalue weighted by molar-refractivity contribution is 6.02. The molecule has 0 heterocycles. The Labute approximate surface area is 189 Å². The standard InChI is InChI=1S/C26H31NO5/c1-4-17-9-10-21(18-7-6-8-20-19(18)11-12-22(20)28)24(23(17)30-3)32-16-26(13-14-26)15-27-25(29)31-5-2/h6-10H,4-5,11-16H2,1-3H3,(H,27,29). The predicted octanol–water partition coefficient (Wildman–Crippen LogP) is 4.96. The van der Waals surface area contributed by atoms with Crippen molar-refractivity contribution >= 4 is 11.9 Å². The quantitative estimate of drug-likeness (QED) is 0.600. The fourth-order valence-corrected chi connectivity index (χ4v) is 4.42. The second kappa shape index (κ2) is 9.23. The topological polar surface area (TPSA) is 73.9 Å². The van der Waals surface area contributed by atoms with E-state index in [9.17, 15) is 9.59 Å². The molecule has 0 spiro atoms. The molecule has 0 radical (unpaired) electrons. The van der Waals surface area contributed by atoms with Gasteiger partial charge in [0.15, 0.2) is 17.3 Å². The van der Waals surface area contributed by atoms with Crippen LogP contribution in [-0.2, 0) is 17.6 Å². The lowest BCUT2D eigenvalue weighted by Gasteiger charge is -2.22. The number of methoxy groups -OCH3 is 1. The number of aryl methyl sites for hydroxylation is 1. The van der Waals surface area contributed by atoms with Crippen LogP contribution in [0.1, 0.15) is 54.6 Å². The van der Waals surface area contributed by atoms with Crippen molar-refractivity contribution in [1.29, 1.82) is 0 Å². The van der Waals surface area contributed by atoms with Gasteiger partial charge >= 0.3 is 6.09 Å². The van der Waals surface area contributed by atoms with Crippen molar-refractivity contribution in [2.75, 3.05) is 26.9 Å². The number of nitrogens with one attached hydrogen (secondary N) is 1. The van der Waals surface area contributed by atoms with Gasteiger partial charge < -0.3 is 19.5 Å². The van der Waals surface area contributed by atoms with Gasteiger partial charge in [0.25, 0.3) is 0 Å². The Balaban J connectivity index is 1.64. The molecule has 6 nitrogen and oxygen atoms in total. The average Bonchev–Trinajstić information content (AvgIpc) is 3.49. The van der Waals surface area contributed by atoms with E-state index in [1.54, 1.807) is 14.0 Å². The highest BCUT2D eigenvalue weighted by Crippen LogP contribution is 2.48. The van der Waals surface area contributed by atoms with Gasteiger partial charge in [0.05, 0.1) is 20.3 Å². The molecule has 2 aromatic rings. The first-order chi connectivity index (χ1) is 15.5. The Morgan fingerprint density at radius 3 is 2.50 bits per heavy atom. The molecule has 2 aromatic carbocycles. The summed E-state index contributed by atoms with van der Waals surface area (Å²) in [5, 5.41) is 2.85. The van der Waals surface area contributed by atoms with E-state index in [0.29, 0.717) is 31.9 Å². The fourth-order valence-electron chi connectivity index (χ4n) is 4.42. The van der Waals surface area contributed by atoms with Crippen LogP contribution in [0.4, 0.5) is 4.79 Å². The van der Waals surface area contributed by atoms with Crippen LogP contribution in [0.2, 0.25) is 0 Å². The van der Waals surface area contributed by atoms with Crippen molar-refractivity contribution in [1.82, 2.24) is 5.32 Å². The minimum absolute atomic E-state index is 0.0914. The van der Waals surface area contributed by atoms with Crippen molar-refractivity contribution in [2.45, 2.75) is 46.0 Å². The Hall–Kier alpha value is -3.02. The van der Waals surface area contributed by atoms with Gasteiger partial charge in [0.1, 0.15) is 0 Å². The molecule has 0 atom stereocenters. The Morgan fingerprint density at radius 1 is 1.03 bits per heavy atom. The summed E-state index contributed by atoms with van der Waals surface area (Å²) in [7, 11) is 1.67. The number of ether oxygens (including phenoxy) is 3. The SMILES string of the molecule is CCOC(=O)NCC1(COc2c(-c3cccc4c3CCC4=O)ccc(CC)c2OC)CC1. The first-order valence-electron chi connectivity index (χ1n) is 11.4. The molecular weight excluding hydrogens is 406 g/mol. The van der Waals surface area contributed by atoms with E-state index in [4.69, 9.17) is 14.2 Å². The largest absolute Gasteiger partial charge is 0.493 e. The van der Waals surface area contributed by atoms with Crippen LogP contribution in [0, 0.1) is 5.41 Å². The van der Waals surface area contributed by atoms with Gasteiger partial charge in [-0.25, -0.2) is 4.79 Å². The number of carbonyl (C=O) groups excluding carboxylic acids is 2. The van der Waals surface area contributed by atoms with Crippen molar-refractivity contribution in [3.8, 4) is 22.6 Å². The van der Waals surface area contributed by atoms with Crippen LogP contribution < -0.4 is 14.8 Å². The monoisotopic (exact) mass is 437 g/mol. The molecule has 6 heteroatoms. The zero-order chi connectivity index (χ0) is 22.7. The number of fused-ring (bicyclic) bond motifs is 1. The van der Waals surface area contributed by atoms with E-state index < -0.39 is 6.09 Å². The maximum Gasteiger partial charge on any atom is 0.407 e. The summed E-state index contributed by atoms with van der Waals surface area (Å²) >= 11 is 0. The number of hydrogen-bond acceptors (Lipinski definition) is 5. The first kappa shape index (κ1) is 22.2. The fraction of sp³-hybridized carbons (Fsp3) is 0.462. The number of Topliss-reactive ketones (excluding diaryl/α,β-unsaturated/α-hetero) is 1. The second-order valence-electron chi connectivity index (χ2n) is 8.61. The van der Waals surface area contributed by atoms with Gasteiger partial charge in [0, 0.05) is 29.5 Å². The van der Waals surface area contributed by atoms with Gasteiger partial charge in [0.2, 0.25) is 0 Å². The van der Waals surface area contributed by atoms with Crippen LogP contribution in [0.5, 0.6) is 11.5 Å². The zero-order valence-corrected chi connectivity index (χ0v) is 19.1. The average molecular weight is 438 g/mol. The molecule has 1 fully saturated rings. The number of alkyl carbamates (subject to hydrolysis) is 1. The van der Waals surface area contributed by atoms with Crippen LogP contribution in [0.15, 0.2) is 30.3 Å². The molecule has 1 N–H and O–H groups in total. The van der Waals surface area contributed by atoms with E-state index in [1.165, 1.54) is 0 Å². The molecule has 32 heavy (non-hydrogen) atoms. The maximum atomic E-state index is 12.3. The highest BCUT2D eigenvalue weighted by Gasteiger charge is 2.44. The molecule has 2 aliphatic carbocycles. The van der Waals surface area contributed by atoms with Crippen molar-refractivity contribution in [3.63, 3.8) is 0 Å². The van der Waals surface area contributed by atoms with Gasteiger partial charge in [-0.3, -0.25) is 4.79 Å². The van der Waals surface area contributed by atoms with E-state index in [0.717, 1.165) is 59.3 Å². The number of carbonyl (C=O) groups is 2. The van der Waals surface area contributed by atoms with Crippen LogP contribution in [0.25, 0.3) is 11.1 Å². The zero-order valence-electron chi connectivity index (χ0n) is 19.1. The third-order valence-corrected chi connectivity index (χ3v) is 6.51. The third-order valence-electron chi connectivity index (χ3n) is 6.51. The summed E-state index contributed by atoms with van der Waals surface area (Å²) < 4.78 is 17.2. The van der Waals surface area contributed by atoms with E-state index in [2.05, 4.69) is 30.4 Å². The number of hydrogen-bond donors (Lipinski definition) is 1. The summed E-state index contributed by atoms with van der Waals surface area (Å²) in [4.78, 5) is 24.0. The smallest absolute Gasteiger partial charge is 0.407 e. The van der Waals surface area contributed by atoms with E-state index >= 15 is 0 Å². The molecule has 170 valence electrons. The van der Waals surface area contributed by atoms with Crippen LogP contribution in [-0.4, -0.2) is 38.7 Å². The van der Waals surface area contributed by atoms with Gasteiger partial charge in [-0.1, -0.05) is 37.3 Å². The summed E-state index contributed by atoms with van der Waals surface area (Å²) in [6.45, 7) is 5.23. The molecule has 1 amide bonds. The van der Waals surface area contributed by atoms with Crippen molar-refractivity contribution in [3.05, 3.63) is 47.0 Å². The molecule has 0 bridgehead atoms. The molecule has 0 aliphatic heterocycles. The number of ketones is 1. The van der Waals surface area contributed by atoms with Gasteiger partial charge in [-0.2, -0.15) is 0 Å².